The van der Waals surface area contributed by atoms with E-state index in [4.69, 9.17) is 11.6 Å². The minimum absolute atomic E-state index is 0.0420. The van der Waals surface area contributed by atoms with Gasteiger partial charge in [-0.15, -0.1) is 0 Å². The normalized spacial score (nSPS) is 20.9. The standard InChI is InChI=1S/C18H19ClN2O3/c1-21-9-8-14(17(21)11-2-5-13(19)6-3-11)20-18(24)12-4-7-15(22)16(23)10-12/h2-7,10,14,17,22-23H,8-9H2,1H3,(H,20,24)/t14-,17-/m0/s1. The Labute approximate surface area is 145 Å². The van der Waals surface area contributed by atoms with Gasteiger partial charge in [0.05, 0.1) is 12.1 Å². The van der Waals surface area contributed by atoms with Crippen LogP contribution >= 0.6 is 11.6 Å². The van der Waals surface area contributed by atoms with Crippen LogP contribution in [0, 0.1) is 0 Å². The van der Waals surface area contributed by atoms with Crippen LogP contribution in [-0.2, 0) is 0 Å². The molecule has 126 valence electrons. The number of amides is 1. The number of halogens is 1. The molecule has 1 heterocycles. The number of nitrogens with one attached hydrogen (secondary N) is 1. The van der Waals surface area contributed by atoms with Gasteiger partial charge in [-0.3, -0.25) is 9.69 Å². The molecular formula is C18H19ClN2O3. The summed E-state index contributed by atoms with van der Waals surface area (Å²) in [6, 6.07) is 11.7. The zero-order valence-electron chi connectivity index (χ0n) is 13.2. The summed E-state index contributed by atoms with van der Waals surface area (Å²) >= 11 is 5.96. The number of hydrogen-bond acceptors (Lipinski definition) is 4. The van der Waals surface area contributed by atoms with Gasteiger partial charge in [0.25, 0.3) is 5.91 Å². The molecule has 2 aromatic rings. The molecule has 24 heavy (non-hydrogen) atoms. The van der Waals surface area contributed by atoms with Crippen LogP contribution in [0.3, 0.4) is 0 Å². The number of aromatic hydroxyl groups is 2. The smallest absolute Gasteiger partial charge is 0.251 e. The van der Waals surface area contributed by atoms with Crippen LogP contribution in [0.4, 0.5) is 0 Å². The van der Waals surface area contributed by atoms with Crippen molar-refractivity contribution in [3.8, 4) is 11.5 Å². The molecule has 2 atom stereocenters. The van der Waals surface area contributed by atoms with Gasteiger partial charge in [-0.1, -0.05) is 23.7 Å². The zero-order chi connectivity index (χ0) is 17.3. The molecule has 1 aliphatic rings. The van der Waals surface area contributed by atoms with Crippen molar-refractivity contribution >= 4 is 17.5 Å². The summed E-state index contributed by atoms with van der Waals surface area (Å²) in [6.45, 7) is 0.874. The largest absolute Gasteiger partial charge is 0.504 e. The number of nitrogens with zero attached hydrogens (tertiary/aromatic N) is 1. The Balaban J connectivity index is 1.78. The molecule has 3 N–H and O–H groups in total. The third-order valence-corrected chi connectivity index (χ3v) is 4.67. The van der Waals surface area contributed by atoms with Gasteiger partial charge in [0.15, 0.2) is 11.5 Å². The van der Waals surface area contributed by atoms with Crippen molar-refractivity contribution in [2.45, 2.75) is 18.5 Å². The summed E-state index contributed by atoms with van der Waals surface area (Å²) in [5.41, 5.74) is 1.41. The van der Waals surface area contributed by atoms with E-state index in [0.717, 1.165) is 18.5 Å². The lowest BCUT2D eigenvalue weighted by Crippen LogP contribution is -2.38. The molecule has 0 unspecified atom stereocenters. The van der Waals surface area contributed by atoms with E-state index in [1.165, 1.54) is 18.2 Å². The molecule has 1 amide bonds. The summed E-state index contributed by atoms with van der Waals surface area (Å²) < 4.78 is 0. The van der Waals surface area contributed by atoms with Crippen molar-refractivity contribution < 1.29 is 15.0 Å². The van der Waals surface area contributed by atoms with Crippen LogP contribution in [0.1, 0.15) is 28.4 Å². The molecule has 0 bridgehead atoms. The summed E-state index contributed by atoms with van der Waals surface area (Å²) in [5.74, 6) is -0.823. The van der Waals surface area contributed by atoms with Crippen LogP contribution in [0.5, 0.6) is 11.5 Å². The van der Waals surface area contributed by atoms with Crippen molar-refractivity contribution in [2.24, 2.45) is 0 Å². The number of hydrogen-bond donors (Lipinski definition) is 3. The molecule has 5 nitrogen and oxygen atoms in total. The van der Waals surface area contributed by atoms with Gasteiger partial charge >= 0.3 is 0 Å². The predicted molar refractivity (Wildman–Crippen MR) is 92.5 cm³/mol. The van der Waals surface area contributed by atoms with Gasteiger partial charge in [0, 0.05) is 17.1 Å². The zero-order valence-corrected chi connectivity index (χ0v) is 14.0. The van der Waals surface area contributed by atoms with Gasteiger partial charge in [-0.05, 0) is 49.4 Å². The number of carbonyl (C=O) groups is 1. The predicted octanol–water partition coefficient (Wildman–Crippen LogP) is 2.93. The molecule has 2 aromatic carbocycles. The van der Waals surface area contributed by atoms with Gasteiger partial charge in [-0.2, -0.15) is 0 Å². The molecular weight excluding hydrogens is 328 g/mol. The number of rotatable bonds is 3. The lowest BCUT2D eigenvalue weighted by molar-refractivity contribution is 0.0927. The summed E-state index contributed by atoms with van der Waals surface area (Å²) in [5, 5.41) is 22.6. The van der Waals surface area contributed by atoms with E-state index >= 15 is 0 Å². The Morgan fingerprint density at radius 1 is 1.17 bits per heavy atom. The van der Waals surface area contributed by atoms with Crippen LogP contribution in [0.2, 0.25) is 5.02 Å². The van der Waals surface area contributed by atoms with E-state index in [2.05, 4.69) is 10.2 Å². The summed E-state index contributed by atoms with van der Waals surface area (Å²) in [4.78, 5) is 14.7. The SMILES string of the molecule is CN1CC[C@H](NC(=O)c2ccc(O)c(O)c2)[C@@H]1c1ccc(Cl)cc1. The number of phenols is 2. The molecule has 0 aromatic heterocycles. The van der Waals surface area contributed by atoms with Crippen molar-refractivity contribution in [1.29, 1.82) is 0 Å². The van der Waals surface area contributed by atoms with Crippen molar-refractivity contribution in [3.63, 3.8) is 0 Å². The number of benzene rings is 2. The molecule has 1 saturated heterocycles. The van der Waals surface area contributed by atoms with Gasteiger partial charge in [0.1, 0.15) is 0 Å². The molecule has 0 saturated carbocycles. The Morgan fingerprint density at radius 2 is 1.88 bits per heavy atom. The van der Waals surface area contributed by atoms with Crippen LogP contribution < -0.4 is 5.32 Å². The fraction of sp³-hybridized carbons (Fsp3) is 0.278. The number of likely N-dealkylation sites (N-methyl/N-ethyl adjacent to an activating group) is 1. The number of phenolic OH excluding ortho intramolecular Hbond substituents is 2. The fourth-order valence-electron chi connectivity index (χ4n) is 3.16. The Bertz CT molecular complexity index is 748. The first-order chi connectivity index (χ1) is 11.5. The van der Waals surface area contributed by atoms with Crippen molar-refractivity contribution in [1.82, 2.24) is 10.2 Å². The third-order valence-electron chi connectivity index (χ3n) is 4.41. The highest BCUT2D eigenvalue weighted by Gasteiger charge is 2.34. The quantitative estimate of drug-likeness (QED) is 0.747. The number of carbonyl (C=O) groups excluding carboxylic acids is 1. The second-order valence-corrected chi connectivity index (χ2v) is 6.49. The first-order valence-electron chi connectivity index (χ1n) is 7.74. The van der Waals surface area contributed by atoms with E-state index in [-0.39, 0.29) is 29.5 Å². The van der Waals surface area contributed by atoms with E-state index in [9.17, 15) is 15.0 Å². The lowest BCUT2D eigenvalue weighted by Gasteiger charge is -2.26. The summed E-state index contributed by atoms with van der Waals surface area (Å²) in [7, 11) is 2.03. The summed E-state index contributed by atoms with van der Waals surface area (Å²) in [6.07, 6.45) is 0.833. The van der Waals surface area contributed by atoms with Crippen molar-refractivity contribution in [2.75, 3.05) is 13.6 Å². The van der Waals surface area contributed by atoms with E-state index in [1.807, 2.05) is 31.3 Å². The van der Waals surface area contributed by atoms with E-state index in [1.54, 1.807) is 0 Å². The highest BCUT2D eigenvalue weighted by atomic mass is 35.5. The first kappa shape index (κ1) is 16.6. The highest BCUT2D eigenvalue weighted by molar-refractivity contribution is 6.30. The van der Waals surface area contributed by atoms with Gasteiger partial charge in [-0.25, -0.2) is 0 Å². The minimum Gasteiger partial charge on any atom is -0.504 e. The lowest BCUT2D eigenvalue weighted by atomic mass is 10.00. The molecule has 6 heteroatoms. The maximum absolute atomic E-state index is 12.5. The van der Waals surface area contributed by atoms with Gasteiger partial charge in [0.2, 0.25) is 0 Å². The molecule has 3 rings (SSSR count). The maximum atomic E-state index is 12.5. The first-order valence-corrected chi connectivity index (χ1v) is 8.12. The second-order valence-electron chi connectivity index (χ2n) is 6.05. The Hall–Kier alpha value is -2.24. The van der Waals surface area contributed by atoms with Crippen LogP contribution in [0.15, 0.2) is 42.5 Å². The van der Waals surface area contributed by atoms with Crippen molar-refractivity contribution in [3.05, 3.63) is 58.6 Å². The monoisotopic (exact) mass is 346 g/mol. The molecule has 1 aliphatic heterocycles. The molecule has 0 spiro atoms. The average Bonchev–Trinajstić information content (AvgIpc) is 2.91. The average molecular weight is 347 g/mol. The highest BCUT2D eigenvalue weighted by Crippen LogP contribution is 2.32. The molecule has 0 radical (unpaired) electrons. The fourth-order valence-corrected chi connectivity index (χ4v) is 3.29. The Morgan fingerprint density at radius 3 is 2.54 bits per heavy atom. The molecule has 0 aliphatic carbocycles. The van der Waals surface area contributed by atoms with Crippen LogP contribution in [0.25, 0.3) is 0 Å². The number of likely N-dealkylation sites (tertiary alicyclic amines) is 1. The van der Waals surface area contributed by atoms with E-state index < -0.39 is 0 Å². The second kappa shape index (κ2) is 6.71. The van der Waals surface area contributed by atoms with Gasteiger partial charge < -0.3 is 15.5 Å². The Kier molecular flexibility index (Phi) is 4.64. The molecule has 1 fully saturated rings. The third kappa shape index (κ3) is 3.32. The topological polar surface area (TPSA) is 72.8 Å². The van der Waals surface area contributed by atoms with E-state index in [0.29, 0.717) is 10.6 Å². The van der Waals surface area contributed by atoms with Crippen LogP contribution in [-0.4, -0.2) is 40.7 Å². The minimum atomic E-state index is -0.305. The maximum Gasteiger partial charge on any atom is 0.251 e.